The van der Waals surface area contributed by atoms with E-state index in [1.165, 1.54) is 31.2 Å². The number of rotatable bonds is 6. The molecule has 8 nitrogen and oxygen atoms in total. The van der Waals surface area contributed by atoms with E-state index in [-0.39, 0.29) is 51.4 Å². The summed E-state index contributed by atoms with van der Waals surface area (Å²) in [4.78, 5) is 63.8. The first-order valence-electron chi connectivity index (χ1n) is 11.5. The van der Waals surface area contributed by atoms with Crippen LogP contribution in [0.1, 0.15) is 34.1 Å². The minimum atomic E-state index is -0.787. The summed E-state index contributed by atoms with van der Waals surface area (Å²) in [6.07, 6.45) is 0.663. The number of hydrogen-bond acceptors (Lipinski definition) is 6. The van der Waals surface area contributed by atoms with E-state index < -0.39 is 30.3 Å². The van der Waals surface area contributed by atoms with Gasteiger partial charge in [-0.3, -0.25) is 24.1 Å². The Morgan fingerprint density at radius 2 is 1.56 bits per heavy atom. The molecule has 3 fully saturated rings. The highest BCUT2D eigenvalue weighted by Gasteiger charge is 2.66. The lowest BCUT2D eigenvalue weighted by Gasteiger charge is -2.28. The molecule has 1 saturated heterocycles. The van der Waals surface area contributed by atoms with Crippen LogP contribution >= 0.6 is 23.2 Å². The molecule has 2 aromatic carbocycles. The molecule has 3 aliphatic rings. The molecule has 0 radical (unpaired) electrons. The van der Waals surface area contributed by atoms with E-state index in [2.05, 4.69) is 5.32 Å². The van der Waals surface area contributed by atoms with Gasteiger partial charge < -0.3 is 10.1 Å². The molecular weight excluding hydrogens is 507 g/mol. The summed E-state index contributed by atoms with van der Waals surface area (Å²) in [6.45, 7) is 0.858. The second kappa shape index (κ2) is 9.33. The monoisotopic (exact) mass is 528 g/mol. The predicted octanol–water partition coefficient (Wildman–Crippen LogP) is 3.65. The molecule has 2 saturated carbocycles. The maximum Gasteiger partial charge on any atom is 0.338 e. The van der Waals surface area contributed by atoms with E-state index in [1.807, 2.05) is 0 Å². The van der Waals surface area contributed by atoms with Crippen molar-refractivity contribution >= 4 is 64.1 Å². The van der Waals surface area contributed by atoms with Crippen molar-refractivity contribution in [3.05, 3.63) is 59.7 Å². The molecule has 2 aliphatic carbocycles. The Morgan fingerprint density at radius 3 is 2.19 bits per heavy atom. The van der Waals surface area contributed by atoms with Crippen LogP contribution in [-0.2, 0) is 19.1 Å². The van der Waals surface area contributed by atoms with Gasteiger partial charge in [-0.2, -0.15) is 0 Å². The fourth-order valence-electron chi connectivity index (χ4n) is 5.60. The summed E-state index contributed by atoms with van der Waals surface area (Å²) in [5, 5.41) is 1.86. The van der Waals surface area contributed by atoms with Crippen LogP contribution in [0.5, 0.6) is 0 Å². The summed E-state index contributed by atoms with van der Waals surface area (Å²) < 4.78 is 5.12. The normalized spacial score (nSPS) is 28.2. The van der Waals surface area contributed by atoms with E-state index in [0.717, 1.165) is 4.90 Å². The maximum atomic E-state index is 13.2. The first-order valence-corrected chi connectivity index (χ1v) is 12.4. The summed E-state index contributed by atoms with van der Waals surface area (Å²) >= 11 is 12.8. The number of alkyl halides is 2. The van der Waals surface area contributed by atoms with Gasteiger partial charge in [-0.25, -0.2) is 4.79 Å². The third kappa shape index (κ3) is 4.08. The molecule has 6 atom stereocenters. The Labute approximate surface area is 216 Å². The van der Waals surface area contributed by atoms with Crippen molar-refractivity contribution in [1.29, 1.82) is 0 Å². The number of hydrogen-bond donors (Lipinski definition) is 1. The SMILES string of the molecule is CC(=O)c1cccc(NC(=O)COC(=O)c2cccc(N3C(=O)[C@@H]4[C@H]5C[C@@H]([C@H](Cl)[C@H]5Cl)[C@@H]4C3=O)c2)c1. The Morgan fingerprint density at radius 1 is 0.944 bits per heavy atom. The van der Waals surface area contributed by atoms with Crippen LogP contribution in [0.3, 0.4) is 0 Å². The van der Waals surface area contributed by atoms with Gasteiger partial charge in [0.2, 0.25) is 11.8 Å². The topological polar surface area (TPSA) is 110 Å². The average Bonchev–Trinajstić information content (AvgIpc) is 3.47. The first kappa shape index (κ1) is 24.5. The molecule has 36 heavy (non-hydrogen) atoms. The minimum absolute atomic E-state index is 0.0879. The quantitative estimate of drug-likeness (QED) is 0.265. The molecular formula is C26H22Cl2N2O6. The standard InChI is InChI=1S/C26H22Cl2N2O6/c1-12(31)13-4-2-6-15(8-13)29-19(32)11-36-26(35)14-5-3-7-16(9-14)30-24(33)20-17-10-18(21(20)25(30)34)23(28)22(17)27/h2-9,17-18,20-23H,10-11H2,1H3,(H,29,32)/t17-,18-,20-,21+,22+,23+/m1/s1. The summed E-state index contributed by atoms with van der Waals surface area (Å²) in [7, 11) is 0. The molecule has 1 heterocycles. The summed E-state index contributed by atoms with van der Waals surface area (Å²) in [5.74, 6) is -3.46. The number of ether oxygens (including phenoxy) is 1. The van der Waals surface area contributed by atoms with Crippen LogP contribution < -0.4 is 10.2 Å². The second-order valence-corrected chi connectivity index (χ2v) is 10.3. The predicted molar refractivity (Wildman–Crippen MR) is 132 cm³/mol. The highest BCUT2D eigenvalue weighted by Crippen LogP contribution is 2.59. The maximum absolute atomic E-state index is 13.2. The lowest BCUT2D eigenvalue weighted by molar-refractivity contribution is -0.123. The van der Waals surface area contributed by atoms with Gasteiger partial charge in [-0.15, -0.1) is 23.2 Å². The first-order chi connectivity index (χ1) is 17.2. The summed E-state index contributed by atoms with van der Waals surface area (Å²) in [5.41, 5.74) is 1.18. The largest absolute Gasteiger partial charge is 0.452 e. The Balaban J connectivity index is 1.25. The minimum Gasteiger partial charge on any atom is -0.452 e. The second-order valence-electron chi connectivity index (χ2n) is 9.33. The van der Waals surface area contributed by atoms with Crippen molar-refractivity contribution in [2.24, 2.45) is 23.7 Å². The smallest absolute Gasteiger partial charge is 0.338 e. The number of nitrogens with zero attached hydrogens (tertiary/aromatic N) is 1. The molecule has 0 aromatic heterocycles. The number of ketones is 1. The third-order valence-electron chi connectivity index (χ3n) is 7.21. The fourth-order valence-corrected chi connectivity index (χ4v) is 6.50. The molecule has 2 bridgehead atoms. The number of Topliss-reactive ketones (excluding diaryl/α,β-unsaturated/α-hetero) is 1. The Hall–Kier alpha value is -3.23. The van der Waals surface area contributed by atoms with Gasteiger partial charge in [-0.05, 0) is 55.5 Å². The van der Waals surface area contributed by atoms with Gasteiger partial charge in [0, 0.05) is 11.3 Å². The Kier molecular flexibility index (Phi) is 6.34. The van der Waals surface area contributed by atoms with E-state index >= 15 is 0 Å². The van der Waals surface area contributed by atoms with Gasteiger partial charge >= 0.3 is 5.97 Å². The molecule has 10 heteroatoms. The molecule has 186 valence electrons. The molecule has 1 aliphatic heterocycles. The van der Waals surface area contributed by atoms with Crippen LogP contribution in [0.2, 0.25) is 0 Å². The van der Waals surface area contributed by atoms with E-state index in [9.17, 15) is 24.0 Å². The molecule has 0 spiro atoms. The summed E-state index contributed by atoms with van der Waals surface area (Å²) in [6, 6.07) is 12.4. The number of carbonyl (C=O) groups excluding carboxylic acids is 5. The number of anilines is 2. The molecule has 1 N–H and O–H groups in total. The van der Waals surface area contributed by atoms with Crippen LogP contribution in [0.15, 0.2) is 48.5 Å². The molecule has 2 aromatic rings. The lowest BCUT2D eigenvalue weighted by Crippen LogP contribution is -2.37. The third-order valence-corrected chi connectivity index (χ3v) is 8.53. The van der Waals surface area contributed by atoms with Crippen LogP contribution in [0.25, 0.3) is 0 Å². The average molecular weight is 529 g/mol. The van der Waals surface area contributed by atoms with Crippen molar-refractivity contribution in [3.63, 3.8) is 0 Å². The number of halogens is 2. The highest BCUT2D eigenvalue weighted by molar-refractivity contribution is 6.32. The zero-order chi connectivity index (χ0) is 25.7. The van der Waals surface area contributed by atoms with Crippen molar-refractivity contribution < 1.29 is 28.7 Å². The number of imide groups is 1. The van der Waals surface area contributed by atoms with Crippen LogP contribution in [0.4, 0.5) is 11.4 Å². The zero-order valence-electron chi connectivity index (χ0n) is 19.1. The number of carbonyl (C=O) groups is 5. The number of nitrogens with one attached hydrogen (secondary N) is 1. The van der Waals surface area contributed by atoms with Crippen LogP contribution in [0, 0.1) is 23.7 Å². The number of fused-ring (bicyclic) bond motifs is 5. The lowest BCUT2D eigenvalue weighted by atomic mass is 9.80. The van der Waals surface area contributed by atoms with Gasteiger partial charge in [0.25, 0.3) is 5.91 Å². The van der Waals surface area contributed by atoms with Gasteiger partial charge in [-0.1, -0.05) is 18.2 Å². The van der Waals surface area contributed by atoms with Gasteiger partial charge in [0.05, 0.1) is 33.8 Å². The number of esters is 1. The van der Waals surface area contributed by atoms with E-state index in [0.29, 0.717) is 17.7 Å². The van der Waals surface area contributed by atoms with Crippen molar-refractivity contribution in [2.45, 2.75) is 24.1 Å². The van der Waals surface area contributed by atoms with Gasteiger partial charge in [0.1, 0.15) is 0 Å². The van der Waals surface area contributed by atoms with E-state index in [1.54, 1.807) is 24.3 Å². The molecule has 5 rings (SSSR count). The fraction of sp³-hybridized carbons (Fsp3) is 0.346. The molecule has 0 unspecified atom stereocenters. The number of benzene rings is 2. The van der Waals surface area contributed by atoms with Crippen molar-refractivity contribution in [1.82, 2.24) is 0 Å². The van der Waals surface area contributed by atoms with E-state index in [4.69, 9.17) is 27.9 Å². The Bertz CT molecular complexity index is 1260. The van der Waals surface area contributed by atoms with Crippen LogP contribution in [-0.4, -0.2) is 46.8 Å². The number of amides is 3. The molecule has 3 amide bonds. The highest BCUT2D eigenvalue weighted by atomic mass is 35.5. The van der Waals surface area contributed by atoms with Crippen molar-refractivity contribution in [3.8, 4) is 0 Å². The van der Waals surface area contributed by atoms with Gasteiger partial charge in [0.15, 0.2) is 12.4 Å². The zero-order valence-corrected chi connectivity index (χ0v) is 20.7. The van der Waals surface area contributed by atoms with Crippen molar-refractivity contribution in [2.75, 3.05) is 16.8 Å².